The fourth-order valence-electron chi connectivity index (χ4n) is 4.46. The molecule has 1 aliphatic heterocycles. The number of hydrogen-bond donors (Lipinski definition) is 0. The van der Waals surface area contributed by atoms with Crippen LogP contribution in [0.25, 0.3) is 22.1 Å². The lowest BCUT2D eigenvalue weighted by Crippen LogP contribution is -2.31. The van der Waals surface area contributed by atoms with Gasteiger partial charge < -0.3 is 18.6 Å². The Hall–Kier alpha value is -3.48. The molecule has 0 unspecified atom stereocenters. The second-order valence-corrected chi connectivity index (χ2v) is 8.64. The largest absolute Gasteiger partial charge is 0.493 e. The minimum atomic E-state index is -0.408. The minimum Gasteiger partial charge on any atom is -0.493 e. The highest BCUT2D eigenvalue weighted by molar-refractivity contribution is 6.31. The monoisotopic (exact) mass is 477 g/mol. The molecule has 34 heavy (non-hydrogen) atoms. The van der Waals surface area contributed by atoms with Crippen molar-refractivity contribution in [2.24, 2.45) is 0 Å². The van der Waals surface area contributed by atoms with Gasteiger partial charge in [-0.15, -0.1) is 0 Å². The first-order valence-electron chi connectivity index (χ1n) is 10.9. The van der Waals surface area contributed by atoms with Crippen LogP contribution in [0.2, 0.25) is 5.02 Å². The highest BCUT2D eigenvalue weighted by Crippen LogP contribution is 2.38. The van der Waals surface area contributed by atoms with Crippen LogP contribution in [0.3, 0.4) is 0 Å². The van der Waals surface area contributed by atoms with Crippen molar-refractivity contribution in [2.45, 2.75) is 20.0 Å². The Morgan fingerprint density at radius 1 is 1.03 bits per heavy atom. The van der Waals surface area contributed by atoms with E-state index >= 15 is 0 Å². The second kappa shape index (κ2) is 9.05. The van der Waals surface area contributed by atoms with Gasteiger partial charge in [0.15, 0.2) is 11.5 Å². The summed E-state index contributed by atoms with van der Waals surface area (Å²) in [6.45, 7) is 3.57. The van der Waals surface area contributed by atoms with Gasteiger partial charge in [0, 0.05) is 23.5 Å². The molecular formula is C27H24ClNO5. The van der Waals surface area contributed by atoms with E-state index < -0.39 is 5.63 Å². The van der Waals surface area contributed by atoms with Crippen molar-refractivity contribution in [1.29, 1.82) is 0 Å². The maximum atomic E-state index is 13.2. The number of nitrogens with zero attached hydrogens (tertiary/aromatic N) is 1. The average Bonchev–Trinajstić information content (AvgIpc) is 2.85. The predicted octanol–water partition coefficient (Wildman–Crippen LogP) is 5.79. The van der Waals surface area contributed by atoms with Crippen molar-refractivity contribution in [2.75, 3.05) is 21.0 Å². The molecule has 0 radical (unpaired) electrons. The highest BCUT2D eigenvalue weighted by Gasteiger charge is 2.24. The van der Waals surface area contributed by atoms with Crippen LogP contribution >= 0.6 is 11.6 Å². The predicted molar refractivity (Wildman–Crippen MR) is 132 cm³/mol. The third-order valence-corrected chi connectivity index (χ3v) is 6.57. The van der Waals surface area contributed by atoms with Crippen LogP contribution in [0.1, 0.15) is 16.7 Å². The fourth-order valence-corrected chi connectivity index (χ4v) is 4.66. The van der Waals surface area contributed by atoms with Crippen LogP contribution in [-0.4, -0.2) is 25.9 Å². The van der Waals surface area contributed by atoms with Crippen molar-refractivity contribution < 1.29 is 18.6 Å². The van der Waals surface area contributed by atoms with Gasteiger partial charge in [-0.25, -0.2) is 4.79 Å². The summed E-state index contributed by atoms with van der Waals surface area (Å²) >= 11 is 6.35. The summed E-state index contributed by atoms with van der Waals surface area (Å²) in [6.07, 6.45) is 0. The molecule has 0 atom stereocenters. The third kappa shape index (κ3) is 3.89. The van der Waals surface area contributed by atoms with Crippen LogP contribution in [0.5, 0.6) is 17.2 Å². The van der Waals surface area contributed by atoms with Gasteiger partial charge in [0.05, 0.1) is 25.3 Å². The van der Waals surface area contributed by atoms with Gasteiger partial charge in [-0.2, -0.15) is 0 Å². The molecule has 2 heterocycles. The molecule has 0 amide bonds. The number of halogens is 1. The fraction of sp³-hybridized carbons (Fsp3) is 0.222. The quantitative estimate of drug-likeness (QED) is 0.339. The molecule has 5 rings (SSSR count). The highest BCUT2D eigenvalue weighted by atomic mass is 35.5. The Bertz CT molecular complexity index is 1450. The smallest absolute Gasteiger partial charge is 0.344 e. The van der Waals surface area contributed by atoms with Crippen molar-refractivity contribution >= 4 is 22.6 Å². The van der Waals surface area contributed by atoms with Crippen LogP contribution in [0.15, 0.2) is 63.8 Å². The van der Waals surface area contributed by atoms with Crippen LogP contribution in [0, 0.1) is 6.92 Å². The molecule has 0 saturated heterocycles. The van der Waals surface area contributed by atoms with Gasteiger partial charge in [-0.3, -0.25) is 4.90 Å². The molecule has 0 spiro atoms. The normalized spacial score (nSPS) is 13.4. The first-order chi connectivity index (χ1) is 16.5. The number of methoxy groups -OCH3 is 2. The van der Waals surface area contributed by atoms with Crippen molar-refractivity contribution in [3.05, 3.63) is 86.7 Å². The lowest BCUT2D eigenvalue weighted by Gasteiger charge is -2.29. The number of aryl methyl sites for hydroxylation is 1. The number of hydrogen-bond acceptors (Lipinski definition) is 6. The molecule has 0 fully saturated rings. The zero-order valence-corrected chi connectivity index (χ0v) is 19.9. The zero-order chi connectivity index (χ0) is 23.8. The lowest BCUT2D eigenvalue weighted by molar-refractivity contribution is 0.0890. The van der Waals surface area contributed by atoms with Crippen molar-refractivity contribution in [3.8, 4) is 28.4 Å². The molecule has 4 aromatic rings. The van der Waals surface area contributed by atoms with E-state index in [2.05, 4.69) is 4.90 Å². The Morgan fingerprint density at radius 2 is 1.82 bits per heavy atom. The van der Waals surface area contributed by atoms with E-state index in [1.807, 2.05) is 49.4 Å². The Labute approximate surface area is 202 Å². The minimum absolute atomic E-state index is 0.408. The molecule has 1 aromatic heterocycles. The molecule has 3 aromatic carbocycles. The standard InChI is InChI=1S/C27H24ClNO5/c1-16-19-9-11-22-20(14-29(15-33-22)13-18-6-4-5-7-21(18)28)26(19)34-27(30)25(16)17-8-10-23(31-2)24(12-17)32-3/h4-12H,13-15H2,1-3H3. The molecule has 174 valence electrons. The molecule has 0 N–H and O–H groups in total. The maximum absolute atomic E-state index is 13.2. The average molecular weight is 478 g/mol. The summed E-state index contributed by atoms with van der Waals surface area (Å²) in [7, 11) is 3.14. The molecule has 1 aliphatic rings. The van der Waals surface area contributed by atoms with Gasteiger partial charge in [0.25, 0.3) is 0 Å². The molecule has 7 heteroatoms. The summed E-state index contributed by atoms with van der Waals surface area (Å²) in [5, 5.41) is 1.58. The summed E-state index contributed by atoms with van der Waals surface area (Å²) in [5.41, 5.74) is 4.06. The summed E-state index contributed by atoms with van der Waals surface area (Å²) in [5.74, 6) is 1.87. The van der Waals surface area contributed by atoms with Crippen molar-refractivity contribution in [3.63, 3.8) is 0 Å². The van der Waals surface area contributed by atoms with Crippen LogP contribution in [-0.2, 0) is 13.1 Å². The Balaban J connectivity index is 1.57. The van der Waals surface area contributed by atoms with E-state index in [0.29, 0.717) is 53.1 Å². The Morgan fingerprint density at radius 3 is 2.59 bits per heavy atom. The zero-order valence-electron chi connectivity index (χ0n) is 19.2. The molecule has 6 nitrogen and oxygen atoms in total. The van der Waals surface area contributed by atoms with Crippen molar-refractivity contribution in [1.82, 2.24) is 4.90 Å². The van der Waals surface area contributed by atoms with E-state index in [9.17, 15) is 4.79 Å². The van der Waals surface area contributed by atoms with Crippen LogP contribution in [0.4, 0.5) is 0 Å². The van der Waals surface area contributed by atoms with E-state index in [1.165, 1.54) is 0 Å². The van der Waals surface area contributed by atoms with E-state index in [-0.39, 0.29) is 0 Å². The maximum Gasteiger partial charge on any atom is 0.344 e. The van der Waals surface area contributed by atoms with Gasteiger partial charge in [0.1, 0.15) is 18.1 Å². The second-order valence-electron chi connectivity index (χ2n) is 8.23. The molecule has 0 aliphatic carbocycles. The van der Waals surface area contributed by atoms with Gasteiger partial charge in [-0.1, -0.05) is 35.9 Å². The van der Waals surface area contributed by atoms with E-state index in [1.54, 1.807) is 26.4 Å². The van der Waals surface area contributed by atoms with E-state index in [0.717, 1.165) is 27.8 Å². The van der Waals surface area contributed by atoms with Gasteiger partial charge in [-0.05, 0) is 53.9 Å². The Kier molecular flexibility index (Phi) is 5.94. The molecule has 0 bridgehead atoms. The first-order valence-corrected chi connectivity index (χ1v) is 11.3. The molecular weight excluding hydrogens is 454 g/mol. The summed E-state index contributed by atoms with van der Waals surface area (Å²) < 4.78 is 22.7. The number of fused-ring (bicyclic) bond motifs is 3. The lowest BCUT2D eigenvalue weighted by atomic mass is 9.97. The summed E-state index contributed by atoms with van der Waals surface area (Å²) in [6, 6.07) is 17.0. The number of benzene rings is 3. The third-order valence-electron chi connectivity index (χ3n) is 6.20. The SMILES string of the molecule is COc1ccc(-c2c(C)c3ccc4c(c3oc2=O)CN(Cc2ccccc2Cl)CO4)cc1OC. The number of ether oxygens (including phenoxy) is 3. The topological polar surface area (TPSA) is 61.1 Å². The van der Waals surface area contributed by atoms with Gasteiger partial charge in [0.2, 0.25) is 0 Å². The van der Waals surface area contributed by atoms with E-state index in [4.69, 9.17) is 30.2 Å². The number of rotatable bonds is 5. The first kappa shape index (κ1) is 22.3. The van der Waals surface area contributed by atoms with Gasteiger partial charge >= 0.3 is 5.63 Å². The van der Waals surface area contributed by atoms with Crippen LogP contribution < -0.4 is 19.8 Å². The molecule has 0 saturated carbocycles. The summed E-state index contributed by atoms with van der Waals surface area (Å²) in [4.78, 5) is 15.3.